The summed E-state index contributed by atoms with van der Waals surface area (Å²) in [7, 11) is 0. The van der Waals surface area contributed by atoms with Crippen molar-refractivity contribution in [2.24, 2.45) is 5.92 Å². The summed E-state index contributed by atoms with van der Waals surface area (Å²) in [6.45, 7) is 5.52. The Morgan fingerprint density at radius 1 is 1.29 bits per heavy atom. The second-order valence-electron chi connectivity index (χ2n) is 6.50. The van der Waals surface area contributed by atoms with Crippen molar-refractivity contribution < 1.29 is 0 Å². The fourth-order valence-corrected chi connectivity index (χ4v) is 3.22. The van der Waals surface area contributed by atoms with Crippen LogP contribution in [0.25, 0.3) is 5.65 Å². The lowest BCUT2D eigenvalue weighted by Gasteiger charge is -2.29. The minimum absolute atomic E-state index is 0.665. The summed E-state index contributed by atoms with van der Waals surface area (Å²) in [4.78, 5) is 7.22. The topological polar surface area (TPSA) is 45.5 Å². The van der Waals surface area contributed by atoms with Gasteiger partial charge in [0.15, 0.2) is 5.65 Å². The van der Waals surface area contributed by atoms with E-state index in [1.54, 1.807) is 0 Å². The maximum atomic E-state index is 4.76. The van der Waals surface area contributed by atoms with Crippen LogP contribution in [0.2, 0.25) is 0 Å². The number of nitrogens with one attached hydrogen (secondary N) is 1. The van der Waals surface area contributed by atoms with Gasteiger partial charge >= 0.3 is 0 Å². The highest BCUT2D eigenvalue weighted by Gasteiger charge is 2.33. The summed E-state index contributed by atoms with van der Waals surface area (Å²) in [5.41, 5.74) is 2.19. The molecule has 0 spiro atoms. The van der Waals surface area contributed by atoms with Gasteiger partial charge in [-0.25, -0.2) is 4.52 Å². The molecule has 1 aliphatic heterocycles. The number of anilines is 1. The first-order chi connectivity index (χ1) is 10.3. The van der Waals surface area contributed by atoms with Crippen LogP contribution in [0.15, 0.2) is 18.3 Å². The third-order valence-electron chi connectivity index (χ3n) is 4.64. The van der Waals surface area contributed by atoms with E-state index >= 15 is 0 Å². The Hall–Kier alpha value is -1.62. The Bertz CT molecular complexity index is 625. The van der Waals surface area contributed by atoms with Crippen LogP contribution in [0, 0.1) is 12.8 Å². The van der Waals surface area contributed by atoms with Gasteiger partial charge in [-0.3, -0.25) is 0 Å². The highest BCUT2D eigenvalue weighted by atomic mass is 15.4. The molecule has 112 valence electrons. The zero-order valence-corrected chi connectivity index (χ0v) is 12.6. The second kappa shape index (κ2) is 5.30. The van der Waals surface area contributed by atoms with Crippen molar-refractivity contribution in [1.29, 1.82) is 0 Å². The van der Waals surface area contributed by atoms with E-state index in [4.69, 9.17) is 10.1 Å². The molecule has 4 rings (SSSR count). The molecule has 0 amide bonds. The van der Waals surface area contributed by atoms with Gasteiger partial charge in [-0.15, -0.1) is 5.10 Å². The summed E-state index contributed by atoms with van der Waals surface area (Å²) in [6.07, 6.45) is 7.14. The zero-order valence-electron chi connectivity index (χ0n) is 12.6. The number of pyridine rings is 1. The van der Waals surface area contributed by atoms with Crippen LogP contribution in [0.1, 0.15) is 31.2 Å². The van der Waals surface area contributed by atoms with Crippen molar-refractivity contribution in [3.8, 4) is 0 Å². The van der Waals surface area contributed by atoms with Gasteiger partial charge in [0.1, 0.15) is 0 Å². The highest BCUT2D eigenvalue weighted by molar-refractivity contribution is 5.47. The number of hydrogen-bond acceptors (Lipinski definition) is 4. The highest BCUT2D eigenvalue weighted by Crippen LogP contribution is 2.32. The minimum atomic E-state index is 0.665. The quantitative estimate of drug-likeness (QED) is 0.933. The summed E-state index contributed by atoms with van der Waals surface area (Å²) in [5, 5.41) is 8.14. The molecule has 0 bridgehead atoms. The molecule has 1 saturated carbocycles. The molecule has 0 radical (unpaired) electrons. The smallest absolute Gasteiger partial charge is 0.245 e. The Kier molecular flexibility index (Phi) is 3.30. The molecule has 0 unspecified atom stereocenters. The van der Waals surface area contributed by atoms with Gasteiger partial charge in [0.25, 0.3) is 0 Å². The van der Waals surface area contributed by atoms with E-state index in [0.29, 0.717) is 6.04 Å². The van der Waals surface area contributed by atoms with Crippen LogP contribution in [0.4, 0.5) is 5.95 Å². The third kappa shape index (κ3) is 2.75. The molecule has 1 aliphatic carbocycles. The Morgan fingerprint density at radius 2 is 2.10 bits per heavy atom. The van der Waals surface area contributed by atoms with Crippen LogP contribution in [-0.2, 0) is 0 Å². The lowest BCUT2D eigenvalue weighted by atomic mass is 9.97. The van der Waals surface area contributed by atoms with E-state index in [9.17, 15) is 0 Å². The van der Waals surface area contributed by atoms with Gasteiger partial charge in [-0.1, -0.05) is 0 Å². The van der Waals surface area contributed by atoms with Gasteiger partial charge in [-0.05, 0) is 69.3 Å². The fraction of sp³-hybridized carbons (Fsp3) is 0.625. The van der Waals surface area contributed by atoms with E-state index in [-0.39, 0.29) is 0 Å². The molecular weight excluding hydrogens is 262 g/mol. The second-order valence-corrected chi connectivity index (χ2v) is 6.50. The fourth-order valence-electron chi connectivity index (χ4n) is 3.22. The molecule has 2 fully saturated rings. The Morgan fingerprint density at radius 3 is 2.86 bits per heavy atom. The molecule has 2 aliphatic rings. The number of rotatable bonds is 4. The van der Waals surface area contributed by atoms with Gasteiger partial charge in [-0.2, -0.15) is 4.98 Å². The minimum Gasteiger partial charge on any atom is -0.336 e. The molecule has 3 heterocycles. The normalized spacial score (nSPS) is 20.0. The van der Waals surface area contributed by atoms with E-state index in [0.717, 1.165) is 37.1 Å². The number of hydrogen-bond donors (Lipinski definition) is 1. The number of piperidine rings is 1. The summed E-state index contributed by atoms with van der Waals surface area (Å²) < 4.78 is 1.90. The molecule has 5 heteroatoms. The largest absolute Gasteiger partial charge is 0.336 e. The standard InChI is InChI=1S/C16H23N5/c1-12-6-9-21-15(10-12)18-16(19-21)20(14-2-3-14)11-13-4-7-17-8-5-13/h6,9-10,13-14,17H,2-5,7-8,11H2,1H3. The Balaban J connectivity index is 1.59. The van der Waals surface area contributed by atoms with Crippen molar-refractivity contribution in [3.63, 3.8) is 0 Å². The Labute approximate surface area is 125 Å². The van der Waals surface area contributed by atoms with Crippen molar-refractivity contribution >= 4 is 11.6 Å². The average molecular weight is 285 g/mol. The molecule has 5 nitrogen and oxygen atoms in total. The lowest BCUT2D eigenvalue weighted by Crippen LogP contribution is -2.37. The predicted octanol–water partition coefficient (Wildman–Crippen LogP) is 2.01. The van der Waals surface area contributed by atoms with E-state index in [1.807, 2.05) is 10.7 Å². The maximum absolute atomic E-state index is 4.76. The SMILES string of the molecule is Cc1ccn2nc(N(CC3CCNCC3)C3CC3)nc2c1. The van der Waals surface area contributed by atoms with E-state index in [2.05, 4.69) is 29.3 Å². The van der Waals surface area contributed by atoms with Crippen LogP contribution >= 0.6 is 0 Å². The zero-order chi connectivity index (χ0) is 14.2. The van der Waals surface area contributed by atoms with Crippen LogP contribution in [-0.4, -0.2) is 40.3 Å². The molecule has 0 atom stereocenters. The molecule has 0 aromatic carbocycles. The predicted molar refractivity (Wildman–Crippen MR) is 83.7 cm³/mol. The average Bonchev–Trinajstić information content (AvgIpc) is 3.25. The summed E-state index contributed by atoms with van der Waals surface area (Å²) >= 11 is 0. The van der Waals surface area contributed by atoms with Crippen LogP contribution in [0.5, 0.6) is 0 Å². The number of fused-ring (bicyclic) bond motifs is 1. The monoisotopic (exact) mass is 285 g/mol. The molecule has 2 aromatic rings. The summed E-state index contributed by atoms with van der Waals surface area (Å²) in [6, 6.07) is 4.85. The van der Waals surface area contributed by atoms with Crippen molar-refractivity contribution in [3.05, 3.63) is 23.9 Å². The third-order valence-corrected chi connectivity index (χ3v) is 4.64. The van der Waals surface area contributed by atoms with Gasteiger partial charge < -0.3 is 10.2 Å². The van der Waals surface area contributed by atoms with Gasteiger partial charge in [0.2, 0.25) is 5.95 Å². The van der Waals surface area contributed by atoms with Gasteiger partial charge in [0.05, 0.1) is 0 Å². The number of nitrogens with zero attached hydrogens (tertiary/aromatic N) is 4. The molecular formula is C16H23N5. The molecule has 2 aromatic heterocycles. The maximum Gasteiger partial charge on any atom is 0.245 e. The van der Waals surface area contributed by atoms with Gasteiger partial charge in [0, 0.05) is 18.8 Å². The first-order valence-electron chi connectivity index (χ1n) is 8.10. The molecule has 1 N–H and O–H groups in total. The van der Waals surface area contributed by atoms with E-state index < -0.39 is 0 Å². The first kappa shape index (κ1) is 13.1. The van der Waals surface area contributed by atoms with Crippen molar-refractivity contribution in [2.45, 2.75) is 38.6 Å². The number of aromatic nitrogens is 3. The van der Waals surface area contributed by atoms with Crippen LogP contribution < -0.4 is 10.2 Å². The first-order valence-corrected chi connectivity index (χ1v) is 8.10. The number of aryl methyl sites for hydroxylation is 1. The van der Waals surface area contributed by atoms with Crippen molar-refractivity contribution in [1.82, 2.24) is 19.9 Å². The summed E-state index contributed by atoms with van der Waals surface area (Å²) in [5.74, 6) is 1.70. The lowest BCUT2D eigenvalue weighted by molar-refractivity contribution is 0.371. The van der Waals surface area contributed by atoms with Crippen LogP contribution in [0.3, 0.4) is 0 Å². The molecule has 21 heavy (non-hydrogen) atoms. The van der Waals surface area contributed by atoms with Crippen molar-refractivity contribution in [2.75, 3.05) is 24.5 Å². The molecule has 1 saturated heterocycles. The van der Waals surface area contributed by atoms with E-state index in [1.165, 1.54) is 31.2 Å².